The first-order chi connectivity index (χ1) is 8.47. The fourth-order valence-electron chi connectivity index (χ4n) is 2.46. The molecule has 0 amide bonds. The molecule has 0 bridgehead atoms. The number of fused-ring (bicyclic) bond motifs is 1. The highest BCUT2D eigenvalue weighted by molar-refractivity contribution is 8.07. The minimum absolute atomic E-state index is 0.965. The molecule has 0 spiro atoms. The average molecular weight is 309 g/mol. The molecule has 2 fully saturated rings. The average Bonchev–Trinajstić information content (AvgIpc) is 2.55. The van der Waals surface area contributed by atoms with Crippen LogP contribution < -0.4 is 0 Å². The maximum absolute atomic E-state index is 2.28. The molecule has 0 aromatic carbocycles. The molecular formula is C13H24S4. The fraction of sp³-hybridized carbons (Fsp3) is 1.00. The Hall–Kier alpha value is 1.40. The summed E-state index contributed by atoms with van der Waals surface area (Å²) in [7, 11) is 0. The van der Waals surface area contributed by atoms with Crippen molar-refractivity contribution >= 4 is 47.0 Å². The highest BCUT2D eigenvalue weighted by atomic mass is 32.2. The van der Waals surface area contributed by atoms with Gasteiger partial charge in [-0.15, -0.1) is 0 Å². The lowest BCUT2D eigenvalue weighted by Crippen LogP contribution is -2.20. The van der Waals surface area contributed by atoms with E-state index in [9.17, 15) is 0 Å². The van der Waals surface area contributed by atoms with E-state index in [0.717, 1.165) is 10.5 Å². The standard InChI is InChI=1S/C13H24S4/c1-2-4-12-13(5-3-1)17-11-9-15-7-6-14-8-10-16-12/h12-13H,1-11H2/t12-,13-/m1/s1. The molecule has 100 valence electrons. The Morgan fingerprint density at radius 2 is 1.00 bits per heavy atom. The van der Waals surface area contributed by atoms with Gasteiger partial charge in [0.15, 0.2) is 0 Å². The van der Waals surface area contributed by atoms with E-state index in [4.69, 9.17) is 0 Å². The number of thioether (sulfide) groups is 4. The van der Waals surface area contributed by atoms with Crippen LogP contribution in [0, 0.1) is 0 Å². The Morgan fingerprint density at radius 3 is 1.53 bits per heavy atom. The Morgan fingerprint density at radius 1 is 0.529 bits per heavy atom. The molecule has 2 atom stereocenters. The lowest BCUT2D eigenvalue weighted by Gasteiger charge is -2.24. The molecule has 1 saturated heterocycles. The molecule has 1 heterocycles. The minimum Gasteiger partial charge on any atom is -0.160 e. The van der Waals surface area contributed by atoms with Gasteiger partial charge >= 0.3 is 0 Å². The van der Waals surface area contributed by atoms with Gasteiger partial charge in [-0.05, 0) is 12.8 Å². The van der Waals surface area contributed by atoms with Crippen LogP contribution in [-0.2, 0) is 0 Å². The molecule has 0 radical (unpaired) electrons. The number of hydrogen-bond acceptors (Lipinski definition) is 4. The van der Waals surface area contributed by atoms with Crippen molar-refractivity contribution in [1.82, 2.24) is 0 Å². The van der Waals surface area contributed by atoms with Crippen LogP contribution in [-0.4, -0.2) is 45.0 Å². The zero-order valence-corrected chi connectivity index (χ0v) is 13.8. The van der Waals surface area contributed by atoms with Gasteiger partial charge in [0.05, 0.1) is 0 Å². The van der Waals surface area contributed by atoms with Gasteiger partial charge in [0, 0.05) is 45.0 Å². The summed E-state index contributed by atoms with van der Waals surface area (Å²) < 4.78 is 0. The van der Waals surface area contributed by atoms with Crippen LogP contribution in [0.25, 0.3) is 0 Å². The van der Waals surface area contributed by atoms with Crippen molar-refractivity contribution in [3.8, 4) is 0 Å². The topological polar surface area (TPSA) is 0 Å². The molecule has 2 rings (SSSR count). The van der Waals surface area contributed by atoms with E-state index < -0.39 is 0 Å². The molecule has 4 heteroatoms. The van der Waals surface area contributed by atoms with E-state index in [2.05, 4.69) is 47.0 Å². The van der Waals surface area contributed by atoms with Crippen molar-refractivity contribution in [2.75, 3.05) is 34.5 Å². The fourth-order valence-corrected chi connectivity index (χ4v) is 7.97. The van der Waals surface area contributed by atoms with Gasteiger partial charge in [0.2, 0.25) is 0 Å². The minimum atomic E-state index is 0.965. The Balaban J connectivity index is 1.83. The predicted octanol–water partition coefficient (Wildman–Crippen LogP) is 4.63. The first kappa shape index (κ1) is 14.8. The molecule has 0 aromatic rings. The first-order valence-corrected chi connectivity index (χ1v) is 11.3. The highest BCUT2D eigenvalue weighted by Gasteiger charge is 2.24. The van der Waals surface area contributed by atoms with Crippen LogP contribution in [0.2, 0.25) is 0 Å². The van der Waals surface area contributed by atoms with Crippen LogP contribution in [0.1, 0.15) is 32.1 Å². The number of hydrogen-bond donors (Lipinski definition) is 0. The van der Waals surface area contributed by atoms with Crippen LogP contribution in [0.15, 0.2) is 0 Å². The molecule has 1 aliphatic heterocycles. The normalized spacial score (nSPS) is 33.9. The van der Waals surface area contributed by atoms with Crippen LogP contribution in [0.3, 0.4) is 0 Å². The first-order valence-electron chi connectivity index (χ1n) is 6.85. The lowest BCUT2D eigenvalue weighted by atomic mass is 10.2. The smallest absolute Gasteiger partial charge is 0.0166 e. The summed E-state index contributed by atoms with van der Waals surface area (Å²) >= 11 is 8.90. The van der Waals surface area contributed by atoms with E-state index in [0.29, 0.717) is 0 Å². The third-order valence-corrected chi connectivity index (χ3v) is 9.17. The predicted molar refractivity (Wildman–Crippen MR) is 90.2 cm³/mol. The van der Waals surface area contributed by atoms with Crippen LogP contribution in [0.4, 0.5) is 0 Å². The summed E-state index contributed by atoms with van der Waals surface area (Å²) in [6.07, 6.45) is 7.42. The SMILES string of the molecule is C1CC[C@H]2SCCSCCSCCS[C@@H]2CC1. The third kappa shape index (κ3) is 5.92. The van der Waals surface area contributed by atoms with E-state index in [1.54, 1.807) is 0 Å². The van der Waals surface area contributed by atoms with Gasteiger partial charge in [-0.1, -0.05) is 19.3 Å². The van der Waals surface area contributed by atoms with E-state index >= 15 is 0 Å². The number of rotatable bonds is 0. The largest absolute Gasteiger partial charge is 0.160 e. The quantitative estimate of drug-likeness (QED) is 0.639. The van der Waals surface area contributed by atoms with Gasteiger partial charge in [0.25, 0.3) is 0 Å². The molecule has 0 nitrogen and oxygen atoms in total. The summed E-state index contributed by atoms with van der Waals surface area (Å²) in [4.78, 5) is 0. The maximum atomic E-state index is 2.28. The van der Waals surface area contributed by atoms with Gasteiger partial charge in [-0.3, -0.25) is 0 Å². The van der Waals surface area contributed by atoms with Crippen molar-refractivity contribution < 1.29 is 0 Å². The Labute approximate surface area is 124 Å². The summed E-state index contributed by atoms with van der Waals surface area (Å²) in [6, 6.07) is 0. The van der Waals surface area contributed by atoms with E-state index in [-0.39, 0.29) is 0 Å². The van der Waals surface area contributed by atoms with E-state index in [1.165, 1.54) is 66.6 Å². The molecular weight excluding hydrogens is 284 g/mol. The Bertz CT molecular complexity index is 178. The summed E-state index contributed by atoms with van der Waals surface area (Å²) in [6.45, 7) is 0. The van der Waals surface area contributed by atoms with Gasteiger partial charge < -0.3 is 0 Å². The van der Waals surface area contributed by atoms with Crippen molar-refractivity contribution in [1.29, 1.82) is 0 Å². The monoisotopic (exact) mass is 308 g/mol. The molecule has 0 aromatic heterocycles. The molecule has 0 N–H and O–H groups in total. The highest BCUT2D eigenvalue weighted by Crippen LogP contribution is 2.36. The molecule has 17 heavy (non-hydrogen) atoms. The maximum Gasteiger partial charge on any atom is 0.0166 e. The van der Waals surface area contributed by atoms with Gasteiger partial charge in [0.1, 0.15) is 0 Å². The zero-order chi connectivity index (χ0) is 11.8. The van der Waals surface area contributed by atoms with Crippen molar-refractivity contribution in [3.63, 3.8) is 0 Å². The second-order valence-corrected chi connectivity index (χ2v) is 9.82. The van der Waals surface area contributed by atoms with Gasteiger partial charge in [-0.25, -0.2) is 0 Å². The Kier molecular flexibility index (Phi) is 8.12. The van der Waals surface area contributed by atoms with Crippen molar-refractivity contribution in [2.45, 2.75) is 42.6 Å². The lowest BCUT2D eigenvalue weighted by molar-refractivity contribution is 0.704. The van der Waals surface area contributed by atoms with Crippen LogP contribution in [0.5, 0.6) is 0 Å². The zero-order valence-electron chi connectivity index (χ0n) is 10.6. The van der Waals surface area contributed by atoms with Crippen LogP contribution >= 0.6 is 47.0 Å². The second kappa shape index (κ2) is 9.33. The second-order valence-electron chi connectivity index (χ2n) is 4.68. The molecule has 1 aliphatic carbocycles. The van der Waals surface area contributed by atoms with Crippen molar-refractivity contribution in [3.05, 3.63) is 0 Å². The summed E-state index contributed by atoms with van der Waals surface area (Å²) in [5, 5.41) is 1.93. The summed E-state index contributed by atoms with van der Waals surface area (Å²) in [5.74, 6) is 8.25. The van der Waals surface area contributed by atoms with E-state index in [1.807, 2.05) is 0 Å². The van der Waals surface area contributed by atoms with Crippen molar-refractivity contribution in [2.24, 2.45) is 0 Å². The molecule has 2 aliphatic rings. The third-order valence-electron chi connectivity index (χ3n) is 3.38. The molecule has 0 unspecified atom stereocenters. The summed E-state index contributed by atoms with van der Waals surface area (Å²) in [5.41, 5.74) is 0. The molecule has 1 saturated carbocycles. The van der Waals surface area contributed by atoms with Gasteiger partial charge in [-0.2, -0.15) is 47.0 Å².